The van der Waals surface area contributed by atoms with E-state index >= 15 is 0 Å². The Balaban J connectivity index is 2.09. The van der Waals surface area contributed by atoms with Gasteiger partial charge in [-0.15, -0.1) is 0 Å². The van der Waals surface area contributed by atoms with Gasteiger partial charge in [-0.3, -0.25) is 4.79 Å². The monoisotopic (exact) mass is 312 g/mol. The number of hydrogen-bond acceptors (Lipinski definition) is 3. The van der Waals surface area contributed by atoms with Crippen LogP contribution in [0.4, 0.5) is 0 Å². The first-order valence-corrected chi connectivity index (χ1v) is 9.16. The molecule has 118 valence electrons. The van der Waals surface area contributed by atoms with Crippen LogP contribution in [-0.2, 0) is 14.6 Å². The van der Waals surface area contributed by atoms with E-state index in [1.165, 1.54) is 6.26 Å². The summed E-state index contributed by atoms with van der Waals surface area (Å²) in [6.07, 6.45) is 4.64. The summed E-state index contributed by atoms with van der Waals surface area (Å²) in [6.45, 7) is 7.14. The van der Waals surface area contributed by atoms with E-state index in [0.717, 1.165) is 12.8 Å². The molecule has 0 atom stereocenters. The highest BCUT2D eigenvalue weighted by molar-refractivity contribution is 7.90. The van der Waals surface area contributed by atoms with Gasteiger partial charge < -0.3 is 9.47 Å². The molecular formula is C15H24N2O3S. The number of carbonyl (C=O) groups excluding carboxylic acids is 1. The van der Waals surface area contributed by atoms with Gasteiger partial charge in [-0.05, 0) is 25.0 Å². The molecule has 0 N–H and O–H groups in total. The van der Waals surface area contributed by atoms with Crippen molar-refractivity contribution in [2.24, 2.45) is 5.41 Å². The third kappa shape index (κ3) is 3.48. The van der Waals surface area contributed by atoms with Crippen molar-refractivity contribution in [3.63, 3.8) is 0 Å². The second-order valence-corrected chi connectivity index (χ2v) is 8.76. The number of amides is 1. The molecule has 0 saturated carbocycles. The summed E-state index contributed by atoms with van der Waals surface area (Å²) < 4.78 is 25.4. The van der Waals surface area contributed by atoms with Gasteiger partial charge >= 0.3 is 0 Å². The SMILES string of the molecule is CC(C)(C)C(=O)N1CCC(n2cccc2S(C)(=O)=O)CC1. The first-order valence-electron chi connectivity index (χ1n) is 7.27. The molecule has 1 aromatic rings. The van der Waals surface area contributed by atoms with E-state index in [2.05, 4.69) is 0 Å². The standard InChI is InChI=1S/C15H24N2O3S/c1-15(2,3)14(18)16-10-7-12(8-11-16)17-9-5-6-13(17)21(4,19)20/h5-6,9,12H,7-8,10-11H2,1-4H3. The molecular weight excluding hydrogens is 288 g/mol. The van der Waals surface area contributed by atoms with Gasteiger partial charge in [-0.1, -0.05) is 20.8 Å². The van der Waals surface area contributed by atoms with Crippen molar-refractivity contribution >= 4 is 15.7 Å². The quantitative estimate of drug-likeness (QED) is 0.840. The summed E-state index contributed by atoms with van der Waals surface area (Å²) in [4.78, 5) is 14.2. The molecule has 1 aliphatic rings. The lowest BCUT2D eigenvalue weighted by Gasteiger charge is -2.36. The minimum absolute atomic E-state index is 0.147. The van der Waals surface area contributed by atoms with E-state index in [1.54, 1.807) is 12.1 Å². The molecule has 2 rings (SSSR count). The van der Waals surface area contributed by atoms with Gasteiger partial charge in [0.1, 0.15) is 5.03 Å². The molecule has 5 nitrogen and oxygen atoms in total. The zero-order valence-corrected chi connectivity index (χ0v) is 14.0. The third-order valence-corrected chi connectivity index (χ3v) is 5.01. The van der Waals surface area contributed by atoms with Crippen molar-refractivity contribution in [1.82, 2.24) is 9.47 Å². The van der Waals surface area contributed by atoms with Crippen LogP contribution in [0.1, 0.15) is 39.7 Å². The zero-order chi connectivity index (χ0) is 15.8. The highest BCUT2D eigenvalue weighted by atomic mass is 32.2. The molecule has 1 saturated heterocycles. The molecule has 2 heterocycles. The minimum atomic E-state index is -3.21. The summed E-state index contributed by atoms with van der Waals surface area (Å²) in [6, 6.07) is 3.55. The fourth-order valence-electron chi connectivity index (χ4n) is 2.82. The Morgan fingerprint density at radius 3 is 2.29 bits per heavy atom. The van der Waals surface area contributed by atoms with Crippen molar-refractivity contribution in [2.75, 3.05) is 19.3 Å². The second-order valence-electron chi connectivity index (χ2n) is 6.80. The molecule has 0 bridgehead atoms. The Morgan fingerprint density at radius 1 is 1.24 bits per heavy atom. The average molecular weight is 312 g/mol. The Bertz CT molecular complexity index is 618. The molecule has 0 unspecified atom stereocenters. The van der Waals surface area contributed by atoms with Crippen molar-refractivity contribution in [3.8, 4) is 0 Å². The van der Waals surface area contributed by atoms with Crippen LogP contribution in [0.5, 0.6) is 0 Å². The Labute approximate surface area is 126 Å². The Morgan fingerprint density at radius 2 is 1.81 bits per heavy atom. The van der Waals surface area contributed by atoms with E-state index in [1.807, 2.05) is 36.4 Å². The van der Waals surface area contributed by atoms with Gasteiger partial charge in [-0.2, -0.15) is 0 Å². The van der Waals surface area contributed by atoms with Gasteiger partial charge in [0.15, 0.2) is 9.84 Å². The van der Waals surface area contributed by atoms with Crippen LogP contribution in [0.15, 0.2) is 23.4 Å². The molecule has 6 heteroatoms. The summed E-state index contributed by atoms with van der Waals surface area (Å²) >= 11 is 0. The van der Waals surface area contributed by atoms with Crippen molar-refractivity contribution < 1.29 is 13.2 Å². The lowest BCUT2D eigenvalue weighted by molar-refractivity contribution is -0.140. The van der Waals surface area contributed by atoms with Crippen LogP contribution in [0.25, 0.3) is 0 Å². The van der Waals surface area contributed by atoms with Gasteiger partial charge in [0.25, 0.3) is 0 Å². The van der Waals surface area contributed by atoms with E-state index in [9.17, 15) is 13.2 Å². The summed E-state index contributed by atoms with van der Waals surface area (Å²) in [5.74, 6) is 0.164. The number of carbonyl (C=O) groups is 1. The first kappa shape index (κ1) is 16.1. The Kier molecular flexibility index (Phi) is 4.19. The summed E-state index contributed by atoms with van der Waals surface area (Å²) in [5, 5.41) is 0.364. The predicted octanol–water partition coefficient (Wildman–Crippen LogP) is 2.10. The van der Waals surface area contributed by atoms with E-state index < -0.39 is 9.84 Å². The number of aromatic nitrogens is 1. The summed E-state index contributed by atoms with van der Waals surface area (Å²) in [7, 11) is -3.21. The van der Waals surface area contributed by atoms with E-state index in [0.29, 0.717) is 18.1 Å². The largest absolute Gasteiger partial charge is 0.342 e. The fraction of sp³-hybridized carbons (Fsp3) is 0.667. The van der Waals surface area contributed by atoms with E-state index in [4.69, 9.17) is 0 Å². The molecule has 0 radical (unpaired) electrons. The maximum atomic E-state index is 12.3. The fourth-order valence-corrected chi connectivity index (χ4v) is 3.73. The van der Waals surface area contributed by atoms with Gasteiger partial charge in [0.2, 0.25) is 5.91 Å². The highest BCUT2D eigenvalue weighted by Gasteiger charge is 2.31. The highest BCUT2D eigenvalue weighted by Crippen LogP contribution is 2.28. The number of likely N-dealkylation sites (tertiary alicyclic amines) is 1. The lowest BCUT2D eigenvalue weighted by Crippen LogP contribution is -2.44. The first-order chi connectivity index (χ1) is 9.60. The van der Waals surface area contributed by atoms with Crippen LogP contribution >= 0.6 is 0 Å². The molecule has 0 aromatic carbocycles. The van der Waals surface area contributed by atoms with Crippen molar-refractivity contribution in [2.45, 2.75) is 44.7 Å². The molecule has 0 spiro atoms. The van der Waals surface area contributed by atoms with Crippen LogP contribution in [0.3, 0.4) is 0 Å². The molecule has 21 heavy (non-hydrogen) atoms. The molecule has 0 aliphatic carbocycles. The third-order valence-electron chi connectivity index (χ3n) is 3.91. The van der Waals surface area contributed by atoms with Gasteiger partial charge in [0, 0.05) is 37.0 Å². The average Bonchev–Trinajstić information content (AvgIpc) is 2.86. The van der Waals surface area contributed by atoms with Crippen LogP contribution in [-0.4, -0.2) is 43.1 Å². The zero-order valence-electron chi connectivity index (χ0n) is 13.2. The minimum Gasteiger partial charge on any atom is -0.342 e. The maximum Gasteiger partial charge on any atom is 0.227 e. The molecule has 1 amide bonds. The molecule has 1 fully saturated rings. The van der Waals surface area contributed by atoms with Crippen LogP contribution < -0.4 is 0 Å². The number of rotatable bonds is 2. The number of nitrogens with zero attached hydrogens (tertiary/aromatic N) is 2. The van der Waals surface area contributed by atoms with Crippen molar-refractivity contribution in [3.05, 3.63) is 18.3 Å². The van der Waals surface area contributed by atoms with Gasteiger partial charge in [-0.25, -0.2) is 8.42 Å². The van der Waals surface area contributed by atoms with Crippen LogP contribution in [0.2, 0.25) is 0 Å². The Hall–Kier alpha value is -1.30. The number of hydrogen-bond donors (Lipinski definition) is 0. The van der Waals surface area contributed by atoms with Crippen LogP contribution in [0, 0.1) is 5.41 Å². The maximum absolute atomic E-state index is 12.3. The smallest absolute Gasteiger partial charge is 0.227 e. The lowest BCUT2D eigenvalue weighted by atomic mass is 9.93. The second kappa shape index (κ2) is 5.48. The molecule has 1 aromatic heterocycles. The molecule has 1 aliphatic heterocycles. The van der Waals surface area contributed by atoms with Gasteiger partial charge in [0.05, 0.1) is 0 Å². The van der Waals surface area contributed by atoms with E-state index in [-0.39, 0.29) is 17.4 Å². The number of piperidine rings is 1. The van der Waals surface area contributed by atoms with Crippen molar-refractivity contribution in [1.29, 1.82) is 0 Å². The summed E-state index contributed by atoms with van der Waals surface area (Å²) in [5.41, 5.74) is -0.363. The topological polar surface area (TPSA) is 59.4 Å². The predicted molar refractivity (Wildman–Crippen MR) is 81.8 cm³/mol. The normalized spacial score (nSPS) is 18.0. The number of sulfone groups is 1.